The number of aliphatic hydroxyl groups is 1. The normalized spacial score (nSPS) is 15.6. The number of aliphatic hydroxyl groups excluding tert-OH is 1. The molecule has 1 aliphatic heterocycles. The first kappa shape index (κ1) is 22.0. The van der Waals surface area contributed by atoms with Gasteiger partial charge in [-0.05, 0) is 42.7 Å². The third kappa shape index (κ3) is 4.66. The Morgan fingerprint density at radius 2 is 2.19 bits per heavy atom. The van der Waals surface area contributed by atoms with E-state index >= 15 is 0 Å². The van der Waals surface area contributed by atoms with Crippen molar-refractivity contribution < 1.29 is 14.6 Å². The maximum absolute atomic E-state index is 13.1. The summed E-state index contributed by atoms with van der Waals surface area (Å²) >= 11 is 6.25. The minimum Gasteiger partial charge on any atom is -0.495 e. The Kier molecular flexibility index (Phi) is 6.82. The van der Waals surface area contributed by atoms with Crippen molar-refractivity contribution in [3.8, 4) is 5.75 Å². The third-order valence-electron chi connectivity index (χ3n) is 5.44. The van der Waals surface area contributed by atoms with Crippen LogP contribution >= 0.6 is 11.6 Å². The number of methoxy groups -OCH3 is 1. The summed E-state index contributed by atoms with van der Waals surface area (Å²) in [5, 5.41) is 13.4. The van der Waals surface area contributed by atoms with Gasteiger partial charge in [-0.15, -0.1) is 0 Å². The second-order valence-electron chi connectivity index (χ2n) is 7.47. The summed E-state index contributed by atoms with van der Waals surface area (Å²) < 4.78 is 5.21. The van der Waals surface area contributed by atoms with Crippen molar-refractivity contribution in [2.45, 2.75) is 25.4 Å². The van der Waals surface area contributed by atoms with Crippen LogP contribution in [0.25, 0.3) is 0 Å². The molecule has 8 nitrogen and oxygen atoms in total. The predicted molar refractivity (Wildman–Crippen MR) is 122 cm³/mol. The van der Waals surface area contributed by atoms with Crippen LogP contribution < -0.4 is 15.0 Å². The molecule has 0 bridgehead atoms. The third-order valence-corrected chi connectivity index (χ3v) is 5.73. The summed E-state index contributed by atoms with van der Waals surface area (Å²) in [5.41, 5.74) is 1.54. The van der Waals surface area contributed by atoms with Gasteiger partial charge in [0.15, 0.2) is 0 Å². The first-order chi connectivity index (χ1) is 15.6. The van der Waals surface area contributed by atoms with Crippen molar-refractivity contribution in [2.24, 2.45) is 0 Å². The van der Waals surface area contributed by atoms with Gasteiger partial charge in [0.25, 0.3) is 0 Å². The lowest BCUT2D eigenvalue weighted by Gasteiger charge is -2.24. The zero-order valence-corrected chi connectivity index (χ0v) is 18.4. The minimum atomic E-state index is -0.271. The maximum atomic E-state index is 13.1. The van der Waals surface area contributed by atoms with Crippen molar-refractivity contribution in [1.29, 1.82) is 0 Å². The highest BCUT2D eigenvalue weighted by Gasteiger charge is 2.27. The smallest absolute Gasteiger partial charge is 0.227 e. The van der Waals surface area contributed by atoms with Crippen molar-refractivity contribution in [2.75, 3.05) is 30.5 Å². The van der Waals surface area contributed by atoms with Gasteiger partial charge in [-0.3, -0.25) is 9.78 Å². The van der Waals surface area contributed by atoms with E-state index in [1.165, 1.54) is 6.20 Å². The second kappa shape index (κ2) is 9.93. The van der Waals surface area contributed by atoms with E-state index in [4.69, 9.17) is 16.3 Å². The lowest BCUT2D eigenvalue weighted by molar-refractivity contribution is 0.103. The number of hydrogen-bond acceptors (Lipinski definition) is 8. The lowest BCUT2D eigenvalue weighted by atomic mass is 10.1. The van der Waals surface area contributed by atoms with Gasteiger partial charge in [-0.2, -0.15) is 4.98 Å². The number of halogens is 1. The van der Waals surface area contributed by atoms with Crippen molar-refractivity contribution in [3.63, 3.8) is 0 Å². The molecule has 3 heterocycles. The largest absolute Gasteiger partial charge is 0.495 e. The van der Waals surface area contributed by atoms with Gasteiger partial charge in [0.05, 0.1) is 30.3 Å². The molecule has 1 fully saturated rings. The SMILES string of the molecule is COc1ccc(CNc2nc(N3CCC[C@H]3CO)ncc2C(=O)c2ccccn2)cc1Cl. The second-order valence-corrected chi connectivity index (χ2v) is 7.88. The average molecular weight is 454 g/mol. The molecule has 9 heteroatoms. The van der Waals surface area contributed by atoms with E-state index in [9.17, 15) is 9.90 Å². The molecule has 4 rings (SSSR count). The Balaban J connectivity index is 1.65. The van der Waals surface area contributed by atoms with Crippen molar-refractivity contribution in [1.82, 2.24) is 15.0 Å². The number of aromatic nitrogens is 3. The predicted octanol–water partition coefficient (Wildman–Crippen LogP) is 3.34. The van der Waals surface area contributed by atoms with Crippen LogP contribution in [0, 0.1) is 0 Å². The van der Waals surface area contributed by atoms with E-state index in [1.807, 2.05) is 11.0 Å². The van der Waals surface area contributed by atoms with Crippen LogP contribution in [0.4, 0.5) is 11.8 Å². The molecule has 2 N–H and O–H groups in total. The molecule has 166 valence electrons. The highest BCUT2D eigenvalue weighted by molar-refractivity contribution is 6.32. The monoisotopic (exact) mass is 453 g/mol. The number of benzene rings is 1. The number of ether oxygens (including phenoxy) is 1. The van der Waals surface area contributed by atoms with E-state index in [-0.39, 0.29) is 18.4 Å². The Bertz CT molecular complexity index is 1100. The molecule has 1 saturated heterocycles. The molecule has 1 atom stereocenters. The summed E-state index contributed by atoms with van der Waals surface area (Å²) in [6, 6.07) is 10.6. The van der Waals surface area contributed by atoms with Gasteiger partial charge >= 0.3 is 0 Å². The molecule has 1 aliphatic rings. The van der Waals surface area contributed by atoms with E-state index in [1.54, 1.807) is 43.6 Å². The highest BCUT2D eigenvalue weighted by Crippen LogP contribution is 2.27. The molecule has 0 radical (unpaired) electrons. The zero-order chi connectivity index (χ0) is 22.5. The number of carbonyl (C=O) groups excluding carboxylic acids is 1. The molecule has 0 spiro atoms. The van der Waals surface area contributed by atoms with E-state index < -0.39 is 0 Å². The number of rotatable bonds is 8. The molecule has 0 saturated carbocycles. The molecule has 0 unspecified atom stereocenters. The summed E-state index contributed by atoms with van der Waals surface area (Å²) in [6.45, 7) is 1.18. The fraction of sp³-hybridized carbons (Fsp3) is 0.304. The van der Waals surface area contributed by atoms with Gasteiger partial charge < -0.3 is 20.1 Å². The standard InChI is InChI=1S/C23H24ClN5O3/c1-32-20-8-7-15(11-18(20)24)12-26-22-17(21(31)19-6-2-3-9-25-19)13-27-23(28-22)29-10-4-5-16(29)14-30/h2-3,6-9,11,13,16,30H,4-5,10,12,14H2,1H3,(H,26,27,28)/t16-/m0/s1. The van der Waals surface area contributed by atoms with Crippen LogP contribution in [0.5, 0.6) is 5.75 Å². The van der Waals surface area contributed by atoms with Crippen LogP contribution in [-0.4, -0.2) is 52.1 Å². The Morgan fingerprint density at radius 1 is 1.31 bits per heavy atom. The Hall–Kier alpha value is -3.23. The molecule has 2 aromatic heterocycles. The van der Waals surface area contributed by atoms with Crippen LogP contribution in [0.2, 0.25) is 5.02 Å². The number of anilines is 2. The first-order valence-electron chi connectivity index (χ1n) is 10.4. The van der Waals surface area contributed by atoms with Crippen LogP contribution in [0.1, 0.15) is 34.5 Å². The number of carbonyl (C=O) groups is 1. The highest BCUT2D eigenvalue weighted by atomic mass is 35.5. The minimum absolute atomic E-state index is 0.0272. The molecular formula is C23H24ClN5O3. The zero-order valence-electron chi connectivity index (χ0n) is 17.7. The number of pyridine rings is 1. The molecule has 1 aromatic carbocycles. The topological polar surface area (TPSA) is 100 Å². The number of hydrogen-bond donors (Lipinski definition) is 2. The summed E-state index contributed by atoms with van der Waals surface area (Å²) in [7, 11) is 1.56. The van der Waals surface area contributed by atoms with Gasteiger partial charge in [-0.1, -0.05) is 23.7 Å². The quantitative estimate of drug-likeness (QED) is 0.501. The Morgan fingerprint density at radius 3 is 2.91 bits per heavy atom. The molecule has 3 aromatic rings. The fourth-order valence-corrected chi connectivity index (χ4v) is 4.02. The van der Waals surface area contributed by atoms with E-state index in [0.29, 0.717) is 40.3 Å². The Labute approximate surface area is 191 Å². The summed E-state index contributed by atoms with van der Waals surface area (Å²) in [5.74, 6) is 1.21. The van der Waals surface area contributed by atoms with E-state index in [0.717, 1.165) is 24.9 Å². The molecule has 0 amide bonds. The van der Waals surface area contributed by atoms with E-state index in [2.05, 4.69) is 20.3 Å². The van der Waals surface area contributed by atoms with Gasteiger partial charge in [0.2, 0.25) is 11.7 Å². The van der Waals surface area contributed by atoms with Gasteiger partial charge in [0, 0.05) is 25.5 Å². The van der Waals surface area contributed by atoms with Gasteiger partial charge in [0.1, 0.15) is 17.3 Å². The molecule has 32 heavy (non-hydrogen) atoms. The number of ketones is 1. The first-order valence-corrected chi connectivity index (χ1v) is 10.7. The number of nitrogens with one attached hydrogen (secondary N) is 1. The van der Waals surface area contributed by atoms with Crippen molar-refractivity contribution in [3.05, 3.63) is 70.6 Å². The molecular weight excluding hydrogens is 430 g/mol. The van der Waals surface area contributed by atoms with Crippen LogP contribution in [0.15, 0.2) is 48.8 Å². The van der Waals surface area contributed by atoms with Crippen LogP contribution in [-0.2, 0) is 6.54 Å². The van der Waals surface area contributed by atoms with Crippen molar-refractivity contribution >= 4 is 29.2 Å². The average Bonchev–Trinajstić information content (AvgIpc) is 3.32. The lowest BCUT2D eigenvalue weighted by Crippen LogP contribution is -2.33. The number of nitrogens with zero attached hydrogens (tertiary/aromatic N) is 4. The van der Waals surface area contributed by atoms with Crippen LogP contribution in [0.3, 0.4) is 0 Å². The summed E-state index contributed by atoms with van der Waals surface area (Å²) in [6.07, 6.45) is 4.93. The maximum Gasteiger partial charge on any atom is 0.227 e. The van der Waals surface area contributed by atoms with Gasteiger partial charge in [-0.25, -0.2) is 4.98 Å². The fourth-order valence-electron chi connectivity index (χ4n) is 3.74. The molecule has 0 aliphatic carbocycles. The summed E-state index contributed by atoms with van der Waals surface area (Å²) in [4.78, 5) is 28.3.